The van der Waals surface area contributed by atoms with Gasteiger partial charge in [0.1, 0.15) is 0 Å². The van der Waals surface area contributed by atoms with Crippen LogP contribution in [-0.2, 0) is 4.74 Å². The average Bonchev–Trinajstić information content (AvgIpc) is 2.34. The first-order chi connectivity index (χ1) is 8.54. The highest BCUT2D eigenvalue weighted by molar-refractivity contribution is 5.48. The van der Waals surface area contributed by atoms with Crippen LogP contribution in [-0.4, -0.2) is 26.8 Å². The summed E-state index contributed by atoms with van der Waals surface area (Å²) >= 11 is 0. The molecule has 0 aromatic heterocycles. The SMILES string of the molecule is COCCN(CC(C)C)c1ccc([C@H](C)N)cc1. The van der Waals surface area contributed by atoms with Gasteiger partial charge >= 0.3 is 0 Å². The first kappa shape index (κ1) is 15.0. The molecule has 0 aliphatic rings. The number of ether oxygens (including phenoxy) is 1. The number of rotatable bonds is 7. The molecule has 1 atom stereocenters. The lowest BCUT2D eigenvalue weighted by atomic mass is 10.1. The zero-order valence-electron chi connectivity index (χ0n) is 12.0. The van der Waals surface area contributed by atoms with E-state index in [0.717, 1.165) is 19.7 Å². The molecule has 1 aromatic rings. The Morgan fingerprint density at radius 1 is 1.17 bits per heavy atom. The van der Waals surface area contributed by atoms with Gasteiger partial charge in [-0.1, -0.05) is 26.0 Å². The monoisotopic (exact) mass is 250 g/mol. The molecule has 3 heteroatoms. The summed E-state index contributed by atoms with van der Waals surface area (Å²) in [5, 5.41) is 0. The molecule has 0 unspecified atom stereocenters. The van der Waals surface area contributed by atoms with Gasteiger partial charge in [-0.2, -0.15) is 0 Å². The Morgan fingerprint density at radius 3 is 2.22 bits per heavy atom. The summed E-state index contributed by atoms with van der Waals surface area (Å²) in [5.41, 5.74) is 8.28. The molecule has 3 nitrogen and oxygen atoms in total. The molecule has 0 saturated heterocycles. The third-order valence-electron chi connectivity index (χ3n) is 2.93. The van der Waals surface area contributed by atoms with Crippen molar-refractivity contribution < 1.29 is 4.74 Å². The summed E-state index contributed by atoms with van der Waals surface area (Å²) in [5.74, 6) is 0.634. The summed E-state index contributed by atoms with van der Waals surface area (Å²) in [6.07, 6.45) is 0. The number of anilines is 1. The second kappa shape index (κ2) is 7.39. The quantitative estimate of drug-likeness (QED) is 0.808. The van der Waals surface area contributed by atoms with Crippen molar-refractivity contribution in [3.63, 3.8) is 0 Å². The Kier molecular flexibility index (Phi) is 6.16. The summed E-state index contributed by atoms with van der Waals surface area (Å²) in [4.78, 5) is 2.36. The van der Waals surface area contributed by atoms with Crippen LogP contribution in [0, 0.1) is 5.92 Å². The van der Waals surface area contributed by atoms with Crippen LogP contribution in [0.15, 0.2) is 24.3 Å². The highest BCUT2D eigenvalue weighted by Gasteiger charge is 2.09. The predicted molar refractivity (Wildman–Crippen MR) is 78.0 cm³/mol. The van der Waals surface area contributed by atoms with E-state index >= 15 is 0 Å². The molecule has 18 heavy (non-hydrogen) atoms. The second-order valence-corrected chi connectivity index (χ2v) is 5.21. The summed E-state index contributed by atoms with van der Waals surface area (Å²) < 4.78 is 5.18. The lowest BCUT2D eigenvalue weighted by Crippen LogP contribution is -2.30. The molecule has 0 fully saturated rings. The standard InChI is InChI=1S/C15H26N2O/c1-12(2)11-17(9-10-18-4)15-7-5-14(6-8-15)13(3)16/h5-8,12-13H,9-11,16H2,1-4H3/t13-/m0/s1. The Balaban J connectivity index is 2.77. The van der Waals surface area contributed by atoms with Gasteiger partial charge in [0.25, 0.3) is 0 Å². The molecule has 0 amide bonds. The Labute approximate surface area is 111 Å². The zero-order valence-corrected chi connectivity index (χ0v) is 12.0. The van der Waals surface area contributed by atoms with Gasteiger partial charge in [0, 0.05) is 31.9 Å². The van der Waals surface area contributed by atoms with Gasteiger partial charge in [0.05, 0.1) is 6.61 Å². The van der Waals surface area contributed by atoms with Crippen molar-refractivity contribution >= 4 is 5.69 Å². The Morgan fingerprint density at radius 2 is 1.78 bits per heavy atom. The van der Waals surface area contributed by atoms with Gasteiger partial charge in [-0.3, -0.25) is 0 Å². The maximum absolute atomic E-state index is 5.87. The van der Waals surface area contributed by atoms with E-state index in [0.29, 0.717) is 5.92 Å². The third kappa shape index (κ3) is 4.67. The number of benzene rings is 1. The van der Waals surface area contributed by atoms with E-state index in [9.17, 15) is 0 Å². The fourth-order valence-corrected chi connectivity index (χ4v) is 1.96. The topological polar surface area (TPSA) is 38.5 Å². The molecule has 1 aromatic carbocycles. The smallest absolute Gasteiger partial charge is 0.0637 e. The average molecular weight is 250 g/mol. The molecule has 0 spiro atoms. The summed E-state index contributed by atoms with van der Waals surface area (Å²) in [6, 6.07) is 8.62. The molecule has 0 heterocycles. The van der Waals surface area contributed by atoms with Crippen molar-refractivity contribution in [1.29, 1.82) is 0 Å². The number of hydrogen-bond acceptors (Lipinski definition) is 3. The molecule has 0 radical (unpaired) electrons. The van der Waals surface area contributed by atoms with Crippen molar-refractivity contribution in [3.8, 4) is 0 Å². The van der Waals surface area contributed by atoms with Crippen LogP contribution in [0.25, 0.3) is 0 Å². The maximum atomic E-state index is 5.87. The largest absolute Gasteiger partial charge is 0.383 e. The molecule has 0 bridgehead atoms. The predicted octanol–water partition coefficient (Wildman–Crippen LogP) is 2.82. The van der Waals surface area contributed by atoms with Gasteiger partial charge < -0.3 is 15.4 Å². The lowest BCUT2D eigenvalue weighted by molar-refractivity contribution is 0.204. The first-order valence-electron chi connectivity index (χ1n) is 6.64. The van der Waals surface area contributed by atoms with E-state index in [-0.39, 0.29) is 6.04 Å². The minimum atomic E-state index is 0.0940. The summed E-state index contributed by atoms with van der Waals surface area (Å²) in [6.45, 7) is 9.19. The highest BCUT2D eigenvalue weighted by atomic mass is 16.5. The van der Waals surface area contributed by atoms with Crippen molar-refractivity contribution in [2.45, 2.75) is 26.8 Å². The van der Waals surface area contributed by atoms with E-state index in [1.165, 1.54) is 11.3 Å². The van der Waals surface area contributed by atoms with E-state index < -0.39 is 0 Å². The number of nitrogens with zero attached hydrogens (tertiary/aromatic N) is 1. The molecule has 0 aliphatic heterocycles. The molecular formula is C15H26N2O. The normalized spacial score (nSPS) is 12.8. The number of nitrogens with two attached hydrogens (primary N) is 1. The van der Waals surface area contributed by atoms with E-state index in [1.807, 2.05) is 6.92 Å². The fourth-order valence-electron chi connectivity index (χ4n) is 1.96. The van der Waals surface area contributed by atoms with Crippen LogP contribution in [0.1, 0.15) is 32.4 Å². The van der Waals surface area contributed by atoms with E-state index in [2.05, 4.69) is 43.0 Å². The van der Waals surface area contributed by atoms with Crippen LogP contribution < -0.4 is 10.6 Å². The Hall–Kier alpha value is -1.06. The van der Waals surface area contributed by atoms with Gasteiger partial charge in [-0.25, -0.2) is 0 Å². The van der Waals surface area contributed by atoms with Crippen LogP contribution >= 0.6 is 0 Å². The minimum absolute atomic E-state index is 0.0940. The highest BCUT2D eigenvalue weighted by Crippen LogP contribution is 2.19. The Bertz CT molecular complexity index is 333. The molecular weight excluding hydrogens is 224 g/mol. The molecule has 1 rings (SSSR count). The molecule has 2 N–H and O–H groups in total. The second-order valence-electron chi connectivity index (χ2n) is 5.21. The van der Waals surface area contributed by atoms with E-state index in [1.54, 1.807) is 7.11 Å². The van der Waals surface area contributed by atoms with Gasteiger partial charge in [-0.05, 0) is 30.5 Å². The van der Waals surface area contributed by atoms with Crippen LogP contribution in [0.2, 0.25) is 0 Å². The van der Waals surface area contributed by atoms with Crippen molar-refractivity contribution in [2.24, 2.45) is 11.7 Å². The van der Waals surface area contributed by atoms with Gasteiger partial charge in [0.15, 0.2) is 0 Å². The third-order valence-corrected chi connectivity index (χ3v) is 2.93. The molecule has 0 saturated carbocycles. The summed E-state index contributed by atoms with van der Waals surface area (Å²) in [7, 11) is 1.74. The first-order valence-corrected chi connectivity index (χ1v) is 6.64. The lowest BCUT2D eigenvalue weighted by Gasteiger charge is -2.26. The number of methoxy groups -OCH3 is 1. The zero-order chi connectivity index (χ0) is 13.5. The van der Waals surface area contributed by atoms with Crippen LogP contribution in [0.3, 0.4) is 0 Å². The van der Waals surface area contributed by atoms with Gasteiger partial charge in [0.2, 0.25) is 0 Å². The van der Waals surface area contributed by atoms with Crippen molar-refractivity contribution in [3.05, 3.63) is 29.8 Å². The van der Waals surface area contributed by atoms with E-state index in [4.69, 9.17) is 10.5 Å². The van der Waals surface area contributed by atoms with Crippen molar-refractivity contribution in [1.82, 2.24) is 0 Å². The van der Waals surface area contributed by atoms with Crippen LogP contribution in [0.5, 0.6) is 0 Å². The molecule has 102 valence electrons. The van der Waals surface area contributed by atoms with Crippen LogP contribution in [0.4, 0.5) is 5.69 Å². The fraction of sp³-hybridized carbons (Fsp3) is 0.600. The van der Waals surface area contributed by atoms with Gasteiger partial charge in [-0.15, -0.1) is 0 Å². The number of hydrogen-bond donors (Lipinski definition) is 1. The molecule has 0 aliphatic carbocycles. The maximum Gasteiger partial charge on any atom is 0.0637 e. The van der Waals surface area contributed by atoms with Crippen molar-refractivity contribution in [2.75, 3.05) is 31.7 Å². The minimum Gasteiger partial charge on any atom is -0.383 e.